The molecule has 0 fully saturated rings. The molecule has 0 spiro atoms. The number of fused-ring (bicyclic) bond motifs is 1. The van der Waals surface area contributed by atoms with Crippen molar-refractivity contribution in [2.24, 2.45) is 12.5 Å². The number of rotatable bonds is 2. The van der Waals surface area contributed by atoms with Crippen molar-refractivity contribution in [3.05, 3.63) is 18.6 Å². The van der Waals surface area contributed by atoms with Gasteiger partial charge in [0, 0.05) is 19.8 Å². The van der Waals surface area contributed by atoms with Crippen molar-refractivity contribution in [1.29, 1.82) is 0 Å². The van der Waals surface area contributed by atoms with E-state index in [9.17, 15) is 0 Å². The normalized spacial score (nSPS) is 12.0. The van der Waals surface area contributed by atoms with Gasteiger partial charge in [-0.25, -0.2) is 9.97 Å². The molecule has 0 aromatic carbocycles. The molecule has 0 aliphatic rings. The zero-order valence-corrected chi connectivity index (χ0v) is 10.3. The molecule has 0 radical (unpaired) electrons. The average Bonchev–Trinajstić information content (AvgIpc) is 2.57. The van der Waals surface area contributed by atoms with Gasteiger partial charge in [-0.3, -0.25) is 0 Å². The highest BCUT2D eigenvalue weighted by molar-refractivity contribution is 5.85. The number of anilines is 1. The fraction of sp³-hybridized carbons (Fsp3) is 0.500. The Morgan fingerprint density at radius 1 is 1.31 bits per heavy atom. The Balaban J connectivity index is 2.31. The minimum absolute atomic E-state index is 0.235. The summed E-state index contributed by atoms with van der Waals surface area (Å²) in [6.07, 6.45) is 3.63. The average molecular weight is 218 g/mol. The summed E-state index contributed by atoms with van der Waals surface area (Å²) in [5.74, 6) is 0.869. The molecule has 86 valence electrons. The number of nitrogens with zero attached hydrogens (tertiary/aromatic N) is 3. The summed E-state index contributed by atoms with van der Waals surface area (Å²) in [7, 11) is 1.99. The lowest BCUT2D eigenvalue weighted by molar-refractivity contribution is 0.442. The van der Waals surface area contributed by atoms with Crippen LogP contribution in [0, 0.1) is 5.41 Å². The number of pyridine rings is 1. The van der Waals surface area contributed by atoms with E-state index in [-0.39, 0.29) is 5.41 Å². The van der Waals surface area contributed by atoms with Gasteiger partial charge < -0.3 is 9.88 Å². The van der Waals surface area contributed by atoms with Crippen LogP contribution in [0.15, 0.2) is 18.6 Å². The van der Waals surface area contributed by atoms with Crippen molar-refractivity contribution < 1.29 is 0 Å². The molecule has 0 unspecified atom stereocenters. The second-order valence-electron chi connectivity index (χ2n) is 5.30. The van der Waals surface area contributed by atoms with Crippen LogP contribution in [0.5, 0.6) is 0 Å². The van der Waals surface area contributed by atoms with Crippen LogP contribution in [0.4, 0.5) is 5.82 Å². The number of aromatic nitrogens is 3. The number of aryl methyl sites for hydroxylation is 1. The standard InChI is InChI=1S/C12H18N4/c1-12(2,3)7-14-11-10-9(5-6-13-11)16(4)8-15-10/h5-6,8H,7H2,1-4H3,(H,13,14). The van der Waals surface area contributed by atoms with E-state index in [0.29, 0.717) is 0 Å². The molecule has 1 N–H and O–H groups in total. The van der Waals surface area contributed by atoms with E-state index in [1.165, 1.54) is 0 Å². The molecule has 0 aliphatic carbocycles. The third-order valence-electron chi connectivity index (χ3n) is 2.43. The first-order valence-corrected chi connectivity index (χ1v) is 5.47. The first-order valence-electron chi connectivity index (χ1n) is 5.47. The molecule has 0 amide bonds. The SMILES string of the molecule is Cn1cnc2c(NCC(C)(C)C)nccc21. The minimum atomic E-state index is 0.235. The van der Waals surface area contributed by atoms with Crippen LogP contribution in [0.25, 0.3) is 11.0 Å². The summed E-state index contributed by atoms with van der Waals surface area (Å²) in [5.41, 5.74) is 2.28. The number of hydrogen-bond donors (Lipinski definition) is 1. The number of nitrogens with one attached hydrogen (secondary N) is 1. The highest BCUT2D eigenvalue weighted by Crippen LogP contribution is 2.20. The highest BCUT2D eigenvalue weighted by atomic mass is 15.1. The van der Waals surface area contributed by atoms with Gasteiger partial charge in [0.25, 0.3) is 0 Å². The summed E-state index contributed by atoms with van der Waals surface area (Å²) in [4.78, 5) is 8.69. The molecule has 2 rings (SSSR count). The van der Waals surface area contributed by atoms with Gasteiger partial charge in [0.1, 0.15) is 5.52 Å². The lowest BCUT2D eigenvalue weighted by atomic mass is 9.97. The van der Waals surface area contributed by atoms with Gasteiger partial charge in [-0.1, -0.05) is 20.8 Å². The maximum Gasteiger partial charge on any atom is 0.154 e. The fourth-order valence-electron chi connectivity index (χ4n) is 1.54. The Labute approximate surface area is 95.7 Å². The second-order valence-corrected chi connectivity index (χ2v) is 5.30. The lowest BCUT2D eigenvalue weighted by Gasteiger charge is -2.19. The van der Waals surface area contributed by atoms with Crippen molar-refractivity contribution in [3.8, 4) is 0 Å². The van der Waals surface area contributed by atoms with E-state index < -0.39 is 0 Å². The van der Waals surface area contributed by atoms with Crippen LogP contribution in [-0.2, 0) is 7.05 Å². The van der Waals surface area contributed by atoms with E-state index in [0.717, 1.165) is 23.4 Å². The first kappa shape index (κ1) is 10.9. The largest absolute Gasteiger partial charge is 0.368 e. The molecule has 0 saturated carbocycles. The van der Waals surface area contributed by atoms with Gasteiger partial charge in [-0.15, -0.1) is 0 Å². The zero-order valence-electron chi connectivity index (χ0n) is 10.3. The Morgan fingerprint density at radius 2 is 2.06 bits per heavy atom. The summed E-state index contributed by atoms with van der Waals surface area (Å²) in [5, 5.41) is 3.35. The predicted molar refractivity (Wildman–Crippen MR) is 66.5 cm³/mol. The van der Waals surface area contributed by atoms with Crippen molar-refractivity contribution in [2.75, 3.05) is 11.9 Å². The number of hydrogen-bond acceptors (Lipinski definition) is 3. The summed E-state index contributed by atoms with van der Waals surface area (Å²) < 4.78 is 2.00. The van der Waals surface area contributed by atoms with Crippen molar-refractivity contribution in [2.45, 2.75) is 20.8 Å². The van der Waals surface area contributed by atoms with E-state index in [1.54, 1.807) is 0 Å². The van der Waals surface area contributed by atoms with Gasteiger partial charge in [0.05, 0.1) is 11.8 Å². The molecule has 0 atom stereocenters. The molecule has 0 bridgehead atoms. The molecule has 2 aromatic rings. The predicted octanol–water partition coefficient (Wildman–Crippen LogP) is 2.43. The van der Waals surface area contributed by atoms with E-state index in [1.807, 2.05) is 30.2 Å². The molecular weight excluding hydrogens is 200 g/mol. The van der Waals surface area contributed by atoms with Crippen molar-refractivity contribution >= 4 is 16.9 Å². The quantitative estimate of drug-likeness (QED) is 0.841. The summed E-state index contributed by atoms with van der Waals surface area (Å²) in [6, 6.07) is 1.98. The molecule has 0 aliphatic heterocycles. The zero-order chi connectivity index (χ0) is 11.8. The van der Waals surface area contributed by atoms with E-state index >= 15 is 0 Å². The topological polar surface area (TPSA) is 42.7 Å². The van der Waals surface area contributed by atoms with Crippen molar-refractivity contribution in [3.63, 3.8) is 0 Å². The monoisotopic (exact) mass is 218 g/mol. The summed E-state index contributed by atoms with van der Waals surface area (Å²) >= 11 is 0. The van der Waals surface area contributed by atoms with Crippen LogP contribution in [0.3, 0.4) is 0 Å². The lowest BCUT2D eigenvalue weighted by Crippen LogP contribution is -2.19. The maximum absolute atomic E-state index is 4.36. The second kappa shape index (κ2) is 3.77. The molecular formula is C12H18N4. The van der Waals surface area contributed by atoms with Gasteiger partial charge in [0.2, 0.25) is 0 Å². The van der Waals surface area contributed by atoms with Crippen LogP contribution < -0.4 is 5.32 Å². The van der Waals surface area contributed by atoms with Crippen LogP contribution in [-0.4, -0.2) is 21.1 Å². The van der Waals surface area contributed by atoms with Crippen LogP contribution in [0.1, 0.15) is 20.8 Å². The molecule has 4 nitrogen and oxygen atoms in total. The van der Waals surface area contributed by atoms with Gasteiger partial charge in [0.15, 0.2) is 5.82 Å². The van der Waals surface area contributed by atoms with Crippen LogP contribution >= 0.6 is 0 Å². The molecule has 4 heteroatoms. The fourth-order valence-corrected chi connectivity index (χ4v) is 1.54. The Kier molecular flexibility index (Phi) is 2.58. The van der Waals surface area contributed by atoms with Gasteiger partial charge >= 0.3 is 0 Å². The third kappa shape index (κ3) is 2.15. The number of imidazole rings is 1. The summed E-state index contributed by atoms with van der Waals surface area (Å²) in [6.45, 7) is 7.46. The first-order chi connectivity index (χ1) is 7.47. The molecule has 16 heavy (non-hydrogen) atoms. The van der Waals surface area contributed by atoms with E-state index in [4.69, 9.17) is 0 Å². The maximum atomic E-state index is 4.36. The van der Waals surface area contributed by atoms with Crippen LogP contribution in [0.2, 0.25) is 0 Å². The Bertz CT molecular complexity index is 493. The highest BCUT2D eigenvalue weighted by Gasteiger charge is 2.12. The molecule has 0 saturated heterocycles. The van der Waals surface area contributed by atoms with Crippen molar-refractivity contribution in [1.82, 2.24) is 14.5 Å². The van der Waals surface area contributed by atoms with E-state index in [2.05, 4.69) is 36.1 Å². The van der Waals surface area contributed by atoms with Gasteiger partial charge in [-0.05, 0) is 11.5 Å². The third-order valence-corrected chi connectivity index (χ3v) is 2.43. The smallest absolute Gasteiger partial charge is 0.154 e. The minimum Gasteiger partial charge on any atom is -0.368 e. The Morgan fingerprint density at radius 3 is 2.75 bits per heavy atom. The van der Waals surface area contributed by atoms with Gasteiger partial charge in [-0.2, -0.15) is 0 Å². The molecule has 2 heterocycles. The molecule has 2 aromatic heterocycles. The Hall–Kier alpha value is -1.58.